The van der Waals surface area contributed by atoms with Crippen molar-refractivity contribution in [3.05, 3.63) is 96.3 Å². The Morgan fingerprint density at radius 1 is 0.697 bits per heavy atom. The second-order valence-corrected chi connectivity index (χ2v) is 10.9. The molecule has 1 heterocycles. The van der Waals surface area contributed by atoms with Crippen molar-refractivity contribution in [3.63, 3.8) is 0 Å². The Morgan fingerprint density at radius 3 is 1.70 bits per heavy atom. The molecule has 0 saturated carbocycles. The SMILES string of the molecule is Cc1ccc(S(=O)(=O)Nc2ccc(-n3cccn3)cc2NS(=O)(=O)c2ccc(C)cc2)cc1. The largest absolute Gasteiger partial charge is 0.277 e. The van der Waals surface area contributed by atoms with Gasteiger partial charge in [0.15, 0.2) is 0 Å². The van der Waals surface area contributed by atoms with Crippen LogP contribution in [0.15, 0.2) is 95.0 Å². The lowest BCUT2D eigenvalue weighted by Crippen LogP contribution is -2.18. The second-order valence-electron chi connectivity index (χ2n) is 7.52. The van der Waals surface area contributed by atoms with Crippen molar-refractivity contribution >= 4 is 31.4 Å². The molecule has 2 N–H and O–H groups in total. The summed E-state index contributed by atoms with van der Waals surface area (Å²) in [5.74, 6) is 0. The van der Waals surface area contributed by atoms with E-state index in [9.17, 15) is 16.8 Å². The molecule has 0 aliphatic rings. The fraction of sp³-hybridized carbons (Fsp3) is 0.0870. The van der Waals surface area contributed by atoms with E-state index >= 15 is 0 Å². The minimum absolute atomic E-state index is 0.0601. The molecular weight excluding hydrogens is 460 g/mol. The highest BCUT2D eigenvalue weighted by Gasteiger charge is 2.20. The number of nitrogens with one attached hydrogen (secondary N) is 2. The zero-order valence-electron chi connectivity index (χ0n) is 17.9. The number of aryl methyl sites for hydroxylation is 2. The quantitative estimate of drug-likeness (QED) is 0.412. The van der Waals surface area contributed by atoms with Crippen molar-refractivity contribution in [2.75, 3.05) is 9.44 Å². The van der Waals surface area contributed by atoms with Crippen LogP contribution < -0.4 is 9.44 Å². The summed E-state index contributed by atoms with van der Waals surface area (Å²) in [4.78, 5) is 0.126. The zero-order valence-corrected chi connectivity index (χ0v) is 19.6. The molecule has 10 heteroatoms. The van der Waals surface area contributed by atoms with E-state index < -0.39 is 20.0 Å². The van der Waals surface area contributed by atoms with Gasteiger partial charge in [0.2, 0.25) is 0 Å². The average molecular weight is 483 g/mol. The van der Waals surface area contributed by atoms with E-state index in [2.05, 4.69) is 14.5 Å². The van der Waals surface area contributed by atoms with Crippen molar-refractivity contribution in [1.29, 1.82) is 0 Å². The fourth-order valence-electron chi connectivity index (χ4n) is 3.11. The van der Waals surface area contributed by atoms with Gasteiger partial charge in [0, 0.05) is 12.4 Å². The van der Waals surface area contributed by atoms with Crippen molar-refractivity contribution in [1.82, 2.24) is 9.78 Å². The highest BCUT2D eigenvalue weighted by molar-refractivity contribution is 7.93. The summed E-state index contributed by atoms with van der Waals surface area (Å²) < 4.78 is 58.5. The number of hydrogen-bond acceptors (Lipinski definition) is 5. The molecule has 8 nitrogen and oxygen atoms in total. The van der Waals surface area contributed by atoms with E-state index in [1.54, 1.807) is 53.5 Å². The smallest absolute Gasteiger partial charge is 0.261 e. The molecule has 170 valence electrons. The molecule has 0 atom stereocenters. The minimum atomic E-state index is -3.98. The first-order valence-electron chi connectivity index (χ1n) is 9.97. The Labute approximate surface area is 193 Å². The third-order valence-electron chi connectivity index (χ3n) is 4.92. The van der Waals surface area contributed by atoms with Gasteiger partial charge in [-0.1, -0.05) is 35.4 Å². The lowest BCUT2D eigenvalue weighted by Gasteiger charge is -2.16. The van der Waals surface area contributed by atoms with Crippen LogP contribution in [0.25, 0.3) is 5.69 Å². The molecule has 0 radical (unpaired) electrons. The van der Waals surface area contributed by atoms with Gasteiger partial charge in [0.1, 0.15) is 0 Å². The van der Waals surface area contributed by atoms with Gasteiger partial charge in [-0.2, -0.15) is 5.10 Å². The van der Waals surface area contributed by atoms with Gasteiger partial charge in [0.05, 0.1) is 26.9 Å². The first-order chi connectivity index (χ1) is 15.6. The molecule has 33 heavy (non-hydrogen) atoms. The topological polar surface area (TPSA) is 110 Å². The van der Waals surface area contributed by atoms with Crippen LogP contribution in [0.4, 0.5) is 11.4 Å². The van der Waals surface area contributed by atoms with Crippen LogP contribution in [0, 0.1) is 13.8 Å². The van der Waals surface area contributed by atoms with Gasteiger partial charge in [-0.05, 0) is 62.4 Å². The predicted octanol–water partition coefficient (Wildman–Crippen LogP) is 4.09. The first kappa shape index (κ1) is 22.6. The molecule has 4 rings (SSSR count). The van der Waals surface area contributed by atoms with Crippen LogP contribution in [-0.4, -0.2) is 26.6 Å². The van der Waals surface area contributed by atoms with E-state index in [1.807, 2.05) is 13.8 Å². The Morgan fingerprint density at radius 2 is 1.21 bits per heavy atom. The highest BCUT2D eigenvalue weighted by Crippen LogP contribution is 2.30. The number of benzene rings is 3. The fourth-order valence-corrected chi connectivity index (χ4v) is 5.26. The summed E-state index contributed by atoms with van der Waals surface area (Å²) in [5.41, 5.74) is 2.55. The highest BCUT2D eigenvalue weighted by atomic mass is 32.2. The van der Waals surface area contributed by atoms with Crippen LogP contribution in [-0.2, 0) is 20.0 Å². The van der Waals surface area contributed by atoms with Gasteiger partial charge in [-0.25, -0.2) is 21.5 Å². The molecule has 0 aliphatic carbocycles. The summed E-state index contributed by atoms with van der Waals surface area (Å²) in [6.07, 6.45) is 3.29. The average Bonchev–Trinajstić information content (AvgIpc) is 3.30. The molecule has 0 fully saturated rings. The molecular formula is C23H22N4O4S2. The van der Waals surface area contributed by atoms with Crippen LogP contribution in [0.5, 0.6) is 0 Å². The Hall–Kier alpha value is -3.63. The van der Waals surface area contributed by atoms with E-state index in [-0.39, 0.29) is 21.2 Å². The van der Waals surface area contributed by atoms with Crippen molar-refractivity contribution in [2.45, 2.75) is 23.6 Å². The molecule has 0 unspecified atom stereocenters. The first-order valence-corrected chi connectivity index (χ1v) is 12.9. The number of aromatic nitrogens is 2. The van der Waals surface area contributed by atoms with E-state index in [1.165, 1.54) is 36.4 Å². The molecule has 3 aromatic carbocycles. The Kier molecular flexibility index (Phi) is 5.96. The van der Waals surface area contributed by atoms with Gasteiger partial charge in [-0.3, -0.25) is 9.44 Å². The molecule has 4 aromatic rings. The van der Waals surface area contributed by atoms with Crippen LogP contribution >= 0.6 is 0 Å². The molecule has 0 spiro atoms. The number of sulfonamides is 2. The predicted molar refractivity (Wildman–Crippen MR) is 128 cm³/mol. The maximum atomic E-state index is 13.0. The van der Waals surface area contributed by atoms with Gasteiger partial charge >= 0.3 is 0 Å². The number of rotatable bonds is 7. The zero-order chi connectivity index (χ0) is 23.6. The molecule has 0 aliphatic heterocycles. The van der Waals surface area contributed by atoms with Crippen LogP contribution in [0.2, 0.25) is 0 Å². The number of hydrogen-bond donors (Lipinski definition) is 2. The third-order valence-corrected chi connectivity index (χ3v) is 7.69. The standard InChI is InChI=1S/C23H22N4O4S2/c1-17-4-9-20(10-5-17)32(28,29)25-22-13-8-19(27-15-3-14-24-27)16-23(22)26-33(30,31)21-11-6-18(2)7-12-21/h3-16,25-26H,1-2H3. The summed E-state index contributed by atoms with van der Waals surface area (Å²) >= 11 is 0. The maximum Gasteiger partial charge on any atom is 0.261 e. The number of nitrogens with zero attached hydrogens (tertiary/aromatic N) is 2. The van der Waals surface area contributed by atoms with Crippen LogP contribution in [0.3, 0.4) is 0 Å². The molecule has 1 aromatic heterocycles. The Balaban J connectivity index is 1.75. The normalized spacial score (nSPS) is 11.8. The van der Waals surface area contributed by atoms with Crippen molar-refractivity contribution < 1.29 is 16.8 Å². The van der Waals surface area contributed by atoms with Gasteiger partial charge in [0.25, 0.3) is 20.0 Å². The lowest BCUT2D eigenvalue weighted by atomic mass is 10.2. The van der Waals surface area contributed by atoms with E-state index in [4.69, 9.17) is 0 Å². The van der Waals surface area contributed by atoms with Crippen LogP contribution in [0.1, 0.15) is 11.1 Å². The summed E-state index contributed by atoms with van der Waals surface area (Å²) in [5, 5.41) is 4.15. The summed E-state index contributed by atoms with van der Waals surface area (Å²) in [7, 11) is -7.93. The summed E-state index contributed by atoms with van der Waals surface area (Å²) in [6, 6.07) is 19.1. The number of anilines is 2. The van der Waals surface area contributed by atoms with Crippen molar-refractivity contribution in [3.8, 4) is 5.69 Å². The van der Waals surface area contributed by atoms with E-state index in [0.29, 0.717) is 5.69 Å². The lowest BCUT2D eigenvalue weighted by molar-refractivity contribution is 0.599. The maximum absolute atomic E-state index is 13.0. The van der Waals surface area contributed by atoms with E-state index in [0.717, 1.165) is 11.1 Å². The third kappa shape index (κ3) is 5.07. The summed E-state index contributed by atoms with van der Waals surface area (Å²) in [6.45, 7) is 3.71. The minimum Gasteiger partial charge on any atom is -0.277 e. The van der Waals surface area contributed by atoms with Crippen molar-refractivity contribution in [2.24, 2.45) is 0 Å². The monoisotopic (exact) mass is 482 g/mol. The molecule has 0 saturated heterocycles. The van der Waals surface area contributed by atoms with Gasteiger partial charge < -0.3 is 0 Å². The molecule has 0 amide bonds. The second kappa shape index (κ2) is 8.72. The Bertz CT molecular complexity index is 1480. The van der Waals surface area contributed by atoms with Gasteiger partial charge in [-0.15, -0.1) is 0 Å². The molecule has 0 bridgehead atoms.